The number of rotatable bonds is 3. The number of aliphatic hydroxyl groups is 1. The van der Waals surface area contributed by atoms with Gasteiger partial charge in [0.25, 0.3) is 0 Å². The molecule has 1 N–H and O–H groups in total. The predicted molar refractivity (Wildman–Crippen MR) is 66.2 cm³/mol. The van der Waals surface area contributed by atoms with Gasteiger partial charge in [-0.15, -0.1) is 0 Å². The quantitative estimate of drug-likeness (QED) is 0.873. The van der Waals surface area contributed by atoms with Gasteiger partial charge in [-0.25, -0.2) is 4.39 Å². The largest absolute Gasteiger partial charge is 0.387 e. The number of hydrogen-bond acceptors (Lipinski definition) is 2. The van der Waals surface area contributed by atoms with E-state index in [1.807, 2.05) is 0 Å². The Bertz CT molecular complexity index is 352. The van der Waals surface area contributed by atoms with Crippen LogP contribution in [0.3, 0.4) is 0 Å². The summed E-state index contributed by atoms with van der Waals surface area (Å²) in [6.07, 6.45) is 1.97. The maximum absolute atomic E-state index is 12.8. The van der Waals surface area contributed by atoms with Crippen molar-refractivity contribution in [2.75, 3.05) is 19.6 Å². The molecule has 0 bridgehead atoms. The van der Waals surface area contributed by atoms with Crippen molar-refractivity contribution in [1.82, 2.24) is 4.90 Å². The summed E-state index contributed by atoms with van der Waals surface area (Å²) in [5, 5.41) is 10.1. The molecule has 2 nitrogen and oxygen atoms in total. The molecule has 2 atom stereocenters. The Kier molecular flexibility index (Phi) is 4.13. The summed E-state index contributed by atoms with van der Waals surface area (Å²) < 4.78 is 12.8. The molecule has 94 valence electrons. The van der Waals surface area contributed by atoms with Crippen LogP contribution < -0.4 is 0 Å². The standard InChI is InChI=1S/C14H20FNO/c1-11-3-2-8-16(9-11)10-14(17)12-4-6-13(15)7-5-12/h4-7,11,14,17H,2-3,8-10H2,1H3/t11-,14+/m1/s1. The summed E-state index contributed by atoms with van der Waals surface area (Å²) in [4.78, 5) is 2.29. The van der Waals surface area contributed by atoms with Crippen LogP contribution in [0.5, 0.6) is 0 Å². The van der Waals surface area contributed by atoms with Crippen LogP contribution in [0.2, 0.25) is 0 Å². The molecule has 0 amide bonds. The molecule has 0 spiro atoms. The number of benzene rings is 1. The van der Waals surface area contributed by atoms with Crippen LogP contribution in [0.4, 0.5) is 4.39 Å². The molecule has 1 aromatic rings. The monoisotopic (exact) mass is 237 g/mol. The lowest BCUT2D eigenvalue weighted by atomic mass is 9.99. The van der Waals surface area contributed by atoms with Crippen LogP contribution >= 0.6 is 0 Å². The van der Waals surface area contributed by atoms with Gasteiger partial charge < -0.3 is 10.0 Å². The van der Waals surface area contributed by atoms with Gasteiger partial charge in [0.2, 0.25) is 0 Å². The Morgan fingerprint density at radius 1 is 1.41 bits per heavy atom. The van der Waals surface area contributed by atoms with Crippen molar-refractivity contribution < 1.29 is 9.50 Å². The third kappa shape index (κ3) is 3.51. The van der Waals surface area contributed by atoms with E-state index >= 15 is 0 Å². The first kappa shape index (κ1) is 12.5. The number of likely N-dealkylation sites (tertiary alicyclic amines) is 1. The molecule has 0 radical (unpaired) electrons. The van der Waals surface area contributed by atoms with Crippen molar-refractivity contribution in [1.29, 1.82) is 0 Å². The number of β-amino-alcohol motifs (C(OH)–C–C–N with tert-alkyl or cyclic N) is 1. The van der Waals surface area contributed by atoms with E-state index in [4.69, 9.17) is 0 Å². The van der Waals surface area contributed by atoms with E-state index < -0.39 is 6.10 Å². The summed E-state index contributed by atoms with van der Waals surface area (Å²) in [6.45, 7) is 5.01. The van der Waals surface area contributed by atoms with Gasteiger partial charge in [-0.2, -0.15) is 0 Å². The fourth-order valence-electron chi connectivity index (χ4n) is 2.49. The molecule has 3 heteroatoms. The van der Waals surface area contributed by atoms with Crippen molar-refractivity contribution in [2.24, 2.45) is 5.92 Å². The lowest BCUT2D eigenvalue weighted by molar-refractivity contribution is 0.0875. The van der Waals surface area contributed by atoms with Crippen LogP contribution in [0.15, 0.2) is 24.3 Å². The fourth-order valence-corrected chi connectivity index (χ4v) is 2.49. The highest BCUT2D eigenvalue weighted by Gasteiger charge is 2.19. The first-order chi connectivity index (χ1) is 8.15. The summed E-state index contributed by atoms with van der Waals surface area (Å²) in [6, 6.07) is 6.12. The maximum Gasteiger partial charge on any atom is 0.123 e. The van der Waals surface area contributed by atoms with Gasteiger partial charge in [-0.05, 0) is 43.0 Å². The Balaban J connectivity index is 1.91. The second-order valence-electron chi connectivity index (χ2n) is 5.07. The lowest BCUT2D eigenvalue weighted by Crippen LogP contribution is -2.37. The molecule has 0 unspecified atom stereocenters. The smallest absolute Gasteiger partial charge is 0.123 e. The van der Waals surface area contributed by atoms with E-state index in [1.165, 1.54) is 25.0 Å². The molecule has 1 heterocycles. The topological polar surface area (TPSA) is 23.5 Å². The highest BCUT2D eigenvalue weighted by atomic mass is 19.1. The fraction of sp³-hybridized carbons (Fsp3) is 0.571. The Morgan fingerprint density at radius 3 is 2.76 bits per heavy atom. The zero-order valence-corrected chi connectivity index (χ0v) is 10.3. The highest BCUT2D eigenvalue weighted by molar-refractivity contribution is 5.18. The van der Waals surface area contributed by atoms with Crippen LogP contribution in [0, 0.1) is 11.7 Å². The molecule has 0 aliphatic carbocycles. The third-order valence-electron chi connectivity index (χ3n) is 3.43. The van der Waals surface area contributed by atoms with E-state index in [9.17, 15) is 9.50 Å². The Morgan fingerprint density at radius 2 is 2.12 bits per heavy atom. The van der Waals surface area contributed by atoms with Gasteiger partial charge in [0, 0.05) is 13.1 Å². The van der Waals surface area contributed by atoms with Crippen LogP contribution in [-0.4, -0.2) is 29.6 Å². The number of hydrogen-bond donors (Lipinski definition) is 1. The van der Waals surface area contributed by atoms with Gasteiger partial charge >= 0.3 is 0 Å². The minimum Gasteiger partial charge on any atom is -0.387 e. The molecular weight excluding hydrogens is 217 g/mol. The molecule has 1 aromatic carbocycles. The number of aliphatic hydroxyl groups excluding tert-OH is 1. The zero-order chi connectivity index (χ0) is 12.3. The second-order valence-corrected chi connectivity index (χ2v) is 5.07. The molecule has 2 rings (SSSR count). The van der Waals surface area contributed by atoms with Gasteiger partial charge in [0.1, 0.15) is 5.82 Å². The molecule has 17 heavy (non-hydrogen) atoms. The molecule has 1 saturated heterocycles. The minimum atomic E-state index is -0.513. The lowest BCUT2D eigenvalue weighted by Gasteiger charge is -2.32. The van der Waals surface area contributed by atoms with Crippen molar-refractivity contribution >= 4 is 0 Å². The molecule has 0 saturated carbocycles. The normalized spacial score (nSPS) is 23.6. The summed E-state index contributed by atoms with van der Waals surface area (Å²) in [5.41, 5.74) is 0.796. The SMILES string of the molecule is C[C@@H]1CCCN(C[C@H](O)c2ccc(F)cc2)C1. The van der Waals surface area contributed by atoms with Gasteiger partial charge in [-0.1, -0.05) is 19.1 Å². The number of halogens is 1. The maximum atomic E-state index is 12.8. The van der Waals surface area contributed by atoms with Crippen LogP contribution in [0.25, 0.3) is 0 Å². The van der Waals surface area contributed by atoms with Crippen molar-refractivity contribution in [3.8, 4) is 0 Å². The zero-order valence-electron chi connectivity index (χ0n) is 10.3. The third-order valence-corrected chi connectivity index (χ3v) is 3.43. The molecule has 0 aromatic heterocycles. The number of nitrogens with zero attached hydrogens (tertiary/aromatic N) is 1. The van der Waals surface area contributed by atoms with Gasteiger partial charge in [0.15, 0.2) is 0 Å². The average molecular weight is 237 g/mol. The van der Waals surface area contributed by atoms with E-state index in [1.54, 1.807) is 12.1 Å². The molecule has 1 aliphatic rings. The average Bonchev–Trinajstić information content (AvgIpc) is 2.29. The summed E-state index contributed by atoms with van der Waals surface area (Å²) in [5.74, 6) is 0.455. The van der Waals surface area contributed by atoms with Crippen LogP contribution in [0.1, 0.15) is 31.4 Å². The van der Waals surface area contributed by atoms with Crippen LogP contribution in [-0.2, 0) is 0 Å². The Hall–Kier alpha value is -0.930. The summed E-state index contributed by atoms with van der Waals surface area (Å²) >= 11 is 0. The first-order valence-electron chi connectivity index (χ1n) is 6.31. The van der Waals surface area contributed by atoms with Crippen molar-refractivity contribution in [2.45, 2.75) is 25.9 Å². The number of piperidine rings is 1. The van der Waals surface area contributed by atoms with Crippen molar-refractivity contribution in [3.05, 3.63) is 35.6 Å². The second kappa shape index (κ2) is 5.61. The predicted octanol–water partition coefficient (Wildman–Crippen LogP) is 2.59. The van der Waals surface area contributed by atoms with E-state index in [-0.39, 0.29) is 5.82 Å². The van der Waals surface area contributed by atoms with Crippen molar-refractivity contribution in [3.63, 3.8) is 0 Å². The molecule has 1 aliphatic heterocycles. The van der Waals surface area contributed by atoms with E-state index in [0.717, 1.165) is 18.7 Å². The molecule has 1 fully saturated rings. The first-order valence-corrected chi connectivity index (χ1v) is 6.31. The highest BCUT2D eigenvalue weighted by Crippen LogP contribution is 2.20. The van der Waals surface area contributed by atoms with Gasteiger partial charge in [-0.3, -0.25) is 0 Å². The Labute approximate surface area is 102 Å². The summed E-state index contributed by atoms with van der Waals surface area (Å²) in [7, 11) is 0. The molecular formula is C14H20FNO. The van der Waals surface area contributed by atoms with E-state index in [2.05, 4.69) is 11.8 Å². The van der Waals surface area contributed by atoms with Gasteiger partial charge in [0.05, 0.1) is 6.10 Å². The minimum absolute atomic E-state index is 0.257. The van der Waals surface area contributed by atoms with E-state index in [0.29, 0.717) is 12.5 Å².